The van der Waals surface area contributed by atoms with E-state index >= 15 is 0 Å². The predicted molar refractivity (Wildman–Crippen MR) is 68.7 cm³/mol. The molecule has 0 aromatic rings. The average Bonchev–Trinajstić information content (AvgIpc) is 2.28. The van der Waals surface area contributed by atoms with Crippen LogP contribution in [0.3, 0.4) is 0 Å². The van der Waals surface area contributed by atoms with Crippen molar-refractivity contribution in [2.45, 2.75) is 13.0 Å². The van der Waals surface area contributed by atoms with Crippen LogP contribution in [0, 0.1) is 0 Å². The Hall–Kier alpha value is -0.790. The van der Waals surface area contributed by atoms with E-state index in [4.69, 9.17) is 0 Å². The lowest BCUT2D eigenvalue weighted by Crippen LogP contribution is -2.57. The monoisotopic (exact) mass is 260 g/mol. The highest BCUT2D eigenvalue weighted by molar-refractivity contribution is 7.80. The van der Waals surface area contributed by atoms with Crippen molar-refractivity contribution >= 4 is 24.4 Å². The normalized spacial score (nSPS) is 19.7. The number of likely N-dealkylation sites (N-methyl/N-ethyl adjacent to an activating group) is 1. The Morgan fingerprint density at radius 1 is 1.29 bits per heavy atom. The SMILES string of the molecule is CC(=O)NC(CS)C(=O)NN1CCN(C)CC1. The van der Waals surface area contributed by atoms with E-state index in [-0.39, 0.29) is 11.8 Å². The molecular weight excluding hydrogens is 240 g/mol. The van der Waals surface area contributed by atoms with Crippen LogP contribution in [-0.4, -0.2) is 66.7 Å². The molecule has 0 aromatic heterocycles. The molecule has 1 rings (SSSR count). The second kappa shape index (κ2) is 6.83. The molecule has 7 heteroatoms. The van der Waals surface area contributed by atoms with Gasteiger partial charge in [-0.05, 0) is 7.05 Å². The third-order valence-corrected chi connectivity index (χ3v) is 3.01. The number of nitrogens with zero attached hydrogens (tertiary/aromatic N) is 2. The lowest BCUT2D eigenvalue weighted by molar-refractivity contribution is -0.131. The maximum absolute atomic E-state index is 11.8. The molecular formula is C10H20N4O2S. The van der Waals surface area contributed by atoms with Crippen LogP contribution < -0.4 is 10.7 Å². The van der Waals surface area contributed by atoms with Crippen molar-refractivity contribution in [1.29, 1.82) is 0 Å². The quantitative estimate of drug-likeness (QED) is 0.550. The number of hydrazine groups is 1. The molecule has 6 nitrogen and oxygen atoms in total. The van der Waals surface area contributed by atoms with Gasteiger partial charge in [-0.25, -0.2) is 5.01 Å². The Balaban J connectivity index is 2.38. The summed E-state index contributed by atoms with van der Waals surface area (Å²) >= 11 is 4.06. The van der Waals surface area contributed by atoms with E-state index in [1.165, 1.54) is 6.92 Å². The zero-order valence-corrected chi connectivity index (χ0v) is 11.2. The van der Waals surface area contributed by atoms with Crippen LogP contribution in [0.4, 0.5) is 0 Å². The van der Waals surface area contributed by atoms with E-state index in [2.05, 4.69) is 28.3 Å². The highest BCUT2D eigenvalue weighted by Crippen LogP contribution is 1.97. The molecule has 2 amide bonds. The summed E-state index contributed by atoms with van der Waals surface area (Å²) in [6.45, 7) is 4.82. The Morgan fingerprint density at radius 2 is 1.88 bits per heavy atom. The van der Waals surface area contributed by atoms with Gasteiger partial charge in [-0.3, -0.25) is 15.0 Å². The first kappa shape index (κ1) is 14.3. The van der Waals surface area contributed by atoms with E-state index in [1.807, 2.05) is 12.1 Å². The summed E-state index contributed by atoms with van der Waals surface area (Å²) in [7, 11) is 2.05. The van der Waals surface area contributed by atoms with Crippen LogP contribution in [0.25, 0.3) is 0 Å². The Morgan fingerprint density at radius 3 is 2.35 bits per heavy atom. The molecule has 1 saturated heterocycles. The number of carbonyl (C=O) groups excluding carboxylic acids is 2. The van der Waals surface area contributed by atoms with Crippen LogP contribution >= 0.6 is 12.6 Å². The summed E-state index contributed by atoms with van der Waals surface area (Å²) < 4.78 is 0. The van der Waals surface area contributed by atoms with Crippen molar-refractivity contribution in [2.24, 2.45) is 0 Å². The van der Waals surface area contributed by atoms with E-state index in [0.29, 0.717) is 5.75 Å². The molecule has 1 unspecified atom stereocenters. The highest BCUT2D eigenvalue weighted by atomic mass is 32.1. The predicted octanol–water partition coefficient (Wildman–Crippen LogP) is -1.30. The van der Waals surface area contributed by atoms with Gasteiger partial charge in [0, 0.05) is 38.9 Å². The lowest BCUT2D eigenvalue weighted by atomic mass is 10.3. The summed E-state index contributed by atoms with van der Waals surface area (Å²) in [4.78, 5) is 24.9. The van der Waals surface area contributed by atoms with Crippen LogP contribution in [-0.2, 0) is 9.59 Å². The topological polar surface area (TPSA) is 64.7 Å². The van der Waals surface area contributed by atoms with Crippen molar-refractivity contribution < 1.29 is 9.59 Å². The van der Waals surface area contributed by atoms with E-state index in [1.54, 1.807) is 0 Å². The number of hydrogen-bond acceptors (Lipinski definition) is 5. The number of rotatable bonds is 4. The molecule has 1 fully saturated rings. The standard InChI is InChI=1S/C10H20N4O2S/c1-8(15)11-9(7-17)10(16)12-14-5-3-13(2)4-6-14/h9,17H,3-7H2,1-2H3,(H,11,15)(H,12,16). The fourth-order valence-corrected chi connectivity index (χ4v) is 1.85. The summed E-state index contributed by atoms with van der Waals surface area (Å²) in [5.74, 6) is -0.142. The molecule has 0 spiro atoms. The maximum Gasteiger partial charge on any atom is 0.257 e. The van der Waals surface area contributed by atoms with Gasteiger partial charge in [0.15, 0.2) is 0 Å². The van der Waals surface area contributed by atoms with Gasteiger partial charge < -0.3 is 10.2 Å². The van der Waals surface area contributed by atoms with Crippen LogP contribution in [0.15, 0.2) is 0 Å². The number of amides is 2. The minimum absolute atomic E-state index is 0.209. The third-order valence-electron chi connectivity index (χ3n) is 2.65. The summed E-state index contributed by atoms with van der Waals surface area (Å²) in [6, 6.07) is -0.574. The molecule has 0 aromatic carbocycles. The lowest BCUT2D eigenvalue weighted by Gasteiger charge is -2.33. The largest absolute Gasteiger partial charge is 0.344 e. The van der Waals surface area contributed by atoms with Crippen LogP contribution in [0.1, 0.15) is 6.92 Å². The molecule has 0 saturated carbocycles. The number of hydrogen-bond donors (Lipinski definition) is 3. The molecule has 0 radical (unpaired) electrons. The Labute approximate surface area is 107 Å². The molecule has 2 N–H and O–H groups in total. The first-order valence-corrected chi connectivity index (χ1v) is 6.28. The average molecular weight is 260 g/mol. The molecule has 1 heterocycles. The van der Waals surface area contributed by atoms with Crippen LogP contribution in [0.5, 0.6) is 0 Å². The first-order chi connectivity index (χ1) is 8.02. The van der Waals surface area contributed by atoms with Crippen molar-refractivity contribution in [3.8, 4) is 0 Å². The van der Waals surface area contributed by atoms with E-state index in [9.17, 15) is 9.59 Å². The Bertz CT molecular complexity index is 279. The van der Waals surface area contributed by atoms with Gasteiger partial charge in [0.25, 0.3) is 5.91 Å². The fourth-order valence-electron chi connectivity index (χ4n) is 1.59. The molecule has 0 aliphatic carbocycles. The third kappa shape index (κ3) is 4.93. The van der Waals surface area contributed by atoms with Gasteiger partial charge in [-0.1, -0.05) is 0 Å². The highest BCUT2D eigenvalue weighted by Gasteiger charge is 2.21. The first-order valence-electron chi connectivity index (χ1n) is 5.65. The van der Waals surface area contributed by atoms with Crippen LogP contribution in [0.2, 0.25) is 0 Å². The molecule has 98 valence electrons. The smallest absolute Gasteiger partial charge is 0.257 e. The summed E-state index contributed by atoms with van der Waals surface area (Å²) in [6.07, 6.45) is 0. The second-order valence-electron chi connectivity index (χ2n) is 4.20. The summed E-state index contributed by atoms with van der Waals surface area (Å²) in [5.41, 5.74) is 2.80. The zero-order valence-electron chi connectivity index (χ0n) is 10.3. The van der Waals surface area contributed by atoms with Gasteiger partial charge in [0.05, 0.1) is 0 Å². The van der Waals surface area contributed by atoms with E-state index < -0.39 is 6.04 Å². The van der Waals surface area contributed by atoms with Crippen molar-refractivity contribution in [3.63, 3.8) is 0 Å². The molecule has 0 bridgehead atoms. The number of thiol groups is 1. The van der Waals surface area contributed by atoms with Gasteiger partial charge in [0.2, 0.25) is 5.91 Å². The number of nitrogens with one attached hydrogen (secondary N) is 2. The minimum atomic E-state index is -0.574. The maximum atomic E-state index is 11.8. The van der Waals surface area contributed by atoms with Gasteiger partial charge >= 0.3 is 0 Å². The molecule has 1 aliphatic heterocycles. The fraction of sp³-hybridized carbons (Fsp3) is 0.800. The van der Waals surface area contributed by atoms with E-state index in [0.717, 1.165) is 26.2 Å². The van der Waals surface area contributed by atoms with Crippen molar-refractivity contribution in [3.05, 3.63) is 0 Å². The van der Waals surface area contributed by atoms with Crippen molar-refractivity contribution in [1.82, 2.24) is 20.7 Å². The van der Waals surface area contributed by atoms with Crippen molar-refractivity contribution in [2.75, 3.05) is 39.0 Å². The van der Waals surface area contributed by atoms with Gasteiger partial charge in [-0.15, -0.1) is 0 Å². The number of carbonyl (C=O) groups is 2. The Kier molecular flexibility index (Phi) is 5.73. The second-order valence-corrected chi connectivity index (χ2v) is 4.57. The van der Waals surface area contributed by atoms with Gasteiger partial charge in [0.1, 0.15) is 6.04 Å². The molecule has 17 heavy (non-hydrogen) atoms. The molecule has 1 atom stereocenters. The zero-order chi connectivity index (χ0) is 12.8. The summed E-state index contributed by atoms with van der Waals surface area (Å²) in [5, 5.41) is 4.44. The number of piperazine rings is 1. The van der Waals surface area contributed by atoms with Gasteiger partial charge in [-0.2, -0.15) is 12.6 Å². The molecule has 1 aliphatic rings. The minimum Gasteiger partial charge on any atom is -0.344 e.